The van der Waals surface area contributed by atoms with E-state index in [4.69, 9.17) is 4.98 Å². The van der Waals surface area contributed by atoms with Crippen LogP contribution in [0.1, 0.15) is 39.2 Å². The first kappa shape index (κ1) is 25.6. The fraction of sp³-hybridized carbons (Fsp3) is 0.200. The molecule has 1 aliphatic rings. The predicted molar refractivity (Wildman–Crippen MR) is 161 cm³/mol. The summed E-state index contributed by atoms with van der Waals surface area (Å²) in [5, 5.41) is 0. The second-order valence-electron chi connectivity index (χ2n) is 10.7. The maximum absolute atomic E-state index is 13.5. The minimum Gasteiger partial charge on any atom is -0.317 e. The molecule has 0 aliphatic carbocycles. The second kappa shape index (κ2) is 10.5. The molecule has 5 aromatic rings. The van der Waals surface area contributed by atoms with E-state index in [1.807, 2.05) is 16.1 Å². The number of rotatable bonds is 7. The third-order valence-electron chi connectivity index (χ3n) is 8.00. The molecule has 200 valence electrons. The number of imidazole rings is 1. The van der Waals surface area contributed by atoms with Crippen molar-refractivity contribution in [2.45, 2.75) is 32.9 Å². The lowest BCUT2D eigenvalue weighted by molar-refractivity contribution is 0.218. The van der Waals surface area contributed by atoms with Gasteiger partial charge in [-0.15, -0.1) is 0 Å². The first-order chi connectivity index (χ1) is 19.5. The first-order valence-electron chi connectivity index (χ1n) is 13.8. The SMILES string of the molecule is Cc1cc(C)cc(N2CCN(Cc3ncn(C(c4ccccc4)(c4ccccc4)c4ccccc4)c3C)C2=O)c1. The van der Waals surface area contributed by atoms with Gasteiger partial charge < -0.3 is 9.47 Å². The number of aryl methyl sites for hydroxylation is 2. The van der Waals surface area contributed by atoms with Gasteiger partial charge in [0, 0.05) is 24.5 Å². The summed E-state index contributed by atoms with van der Waals surface area (Å²) in [6.07, 6.45) is 1.94. The summed E-state index contributed by atoms with van der Waals surface area (Å²) in [6.45, 7) is 8.07. The van der Waals surface area contributed by atoms with Gasteiger partial charge in [-0.1, -0.05) is 97.1 Å². The number of anilines is 1. The van der Waals surface area contributed by atoms with Crippen LogP contribution >= 0.6 is 0 Å². The van der Waals surface area contributed by atoms with Crippen molar-refractivity contribution in [3.8, 4) is 0 Å². The molecule has 1 aliphatic heterocycles. The van der Waals surface area contributed by atoms with Crippen LogP contribution in [-0.2, 0) is 12.1 Å². The standard InChI is InChI=1S/C35H34N4O/c1-26-21-27(2)23-32(22-26)38-20-19-37(34(38)40)24-33-28(3)39(25-36-33)35(29-13-7-4-8-14-29,30-15-9-5-10-16-30)31-17-11-6-12-18-31/h4-18,21-23,25H,19-20,24H2,1-3H3. The van der Waals surface area contributed by atoms with Crippen LogP contribution in [0.5, 0.6) is 0 Å². The number of carbonyl (C=O) groups excluding carboxylic acids is 1. The molecule has 1 aromatic heterocycles. The normalized spacial score (nSPS) is 13.7. The monoisotopic (exact) mass is 526 g/mol. The Bertz CT molecular complexity index is 1510. The van der Waals surface area contributed by atoms with Gasteiger partial charge in [-0.2, -0.15) is 0 Å². The van der Waals surface area contributed by atoms with Gasteiger partial charge in [0.1, 0.15) is 5.54 Å². The molecule has 0 spiro atoms. The highest BCUT2D eigenvalue weighted by atomic mass is 16.2. The molecule has 6 rings (SSSR count). The highest BCUT2D eigenvalue weighted by Gasteiger charge is 2.40. The number of amides is 2. The number of urea groups is 1. The Hall–Kier alpha value is -4.64. The van der Waals surface area contributed by atoms with Crippen LogP contribution in [0, 0.1) is 20.8 Å². The fourth-order valence-electron chi connectivity index (χ4n) is 6.15. The summed E-state index contributed by atoms with van der Waals surface area (Å²) >= 11 is 0. The first-order valence-corrected chi connectivity index (χ1v) is 13.8. The van der Waals surface area contributed by atoms with Crippen molar-refractivity contribution >= 4 is 11.7 Å². The molecule has 0 atom stereocenters. The highest BCUT2D eigenvalue weighted by Crippen LogP contribution is 2.42. The maximum Gasteiger partial charge on any atom is 0.324 e. The number of hydrogen-bond donors (Lipinski definition) is 0. The van der Waals surface area contributed by atoms with Crippen molar-refractivity contribution in [3.05, 3.63) is 155 Å². The summed E-state index contributed by atoms with van der Waals surface area (Å²) in [7, 11) is 0. The van der Waals surface area contributed by atoms with Crippen LogP contribution in [0.3, 0.4) is 0 Å². The number of aromatic nitrogens is 2. The van der Waals surface area contributed by atoms with E-state index in [1.165, 1.54) is 0 Å². The zero-order chi connectivity index (χ0) is 27.7. The van der Waals surface area contributed by atoms with Crippen LogP contribution in [0.15, 0.2) is 116 Å². The van der Waals surface area contributed by atoms with Crippen molar-refractivity contribution in [2.24, 2.45) is 0 Å². The minimum absolute atomic E-state index is 0.0272. The molecule has 2 heterocycles. The topological polar surface area (TPSA) is 41.4 Å². The van der Waals surface area contributed by atoms with Crippen molar-refractivity contribution < 1.29 is 4.79 Å². The van der Waals surface area contributed by atoms with Crippen molar-refractivity contribution in [1.82, 2.24) is 14.5 Å². The van der Waals surface area contributed by atoms with Gasteiger partial charge in [-0.25, -0.2) is 9.78 Å². The second-order valence-corrected chi connectivity index (χ2v) is 10.7. The summed E-state index contributed by atoms with van der Waals surface area (Å²) < 4.78 is 2.28. The summed E-state index contributed by atoms with van der Waals surface area (Å²) in [4.78, 5) is 22.3. The van der Waals surface area contributed by atoms with Crippen LogP contribution in [0.4, 0.5) is 10.5 Å². The zero-order valence-electron chi connectivity index (χ0n) is 23.3. The number of benzene rings is 4. The van der Waals surface area contributed by atoms with E-state index in [2.05, 4.69) is 135 Å². The molecule has 5 heteroatoms. The zero-order valence-corrected chi connectivity index (χ0v) is 23.3. The van der Waals surface area contributed by atoms with Gasteiger partial charge in [0.25, 0.3) is 0 Å². The molecule has 0 saturated carbocycles. The number of carbonyl (C=O) groups is 1. The Balaban J connectivity index is 1.42. The van der Waals surface area contributed by atoms with Crippen molar-refractivity contribution in [2.75, 3.05) is 18.0 Å². The Kier molecular flexibility index (Phi) is 6.72. The molecule has 1 saturated heterocycles. The molecular weight excluding hydrogens is 492 g/mol. The maximum atomic E-state index is 13.5. The molecule has 2 amide bonds. The fourth-order valence-corrected chi connectivity index (χ4v) is 6.15. The lowest BCUT2D eigenvalue weighted by atomic mass is 9.76. The van der Waals surface area contributed by atoms with Gasteiger partial charge >= 0.3 is 6.03 Å². The van der Waals surface area contributed by atoms with E-state index < -0.39 is 5.54 Å². The molecule has 4 aromatic carbocycles. The lowest BCUT2D eigenvalue weighted by Gasteiger charge is -2.38. The molecule has 1 fully saturated rings. The molecule has 0 radical (unpaired) electrons. The van der Waals surface area contributed by atoms with Crippen LogP contribution < -0.4 is 4.90 Å². The summed E-state index contributed by atoms with van der Waals surface area (Å²) in [5.74, 6) is 0. The van der Waals surface area contributed by atoms with E-state index in [-0.39, 0.29) is 6.03 Å². The van der Waals surface area contributed by atoms with Crippen molar-refractivity contribution in [3.63, 3.8) is 0 Å². The van der Waals surface area contributed by atoms with Crippen LogP contribution in [0.25, 0.3) is 0 Å². The van der Waals surface area contributed by atoms with Gasteiger partial charge in [0.2, 0.25) is 0 Å². The lowest BCUT2D eigenvalue weighted by Crippen LogP contribution is -2.38. The van der Waals surface area contributed by atoms with E-state index >= 15 is 0 Å². The van der Waals surface area contributed by atoms with Crippen LogP contribution in [-0.4, -0.2) is 33.6 Å². The molecule has 0 N–H and O–H groups in total. The number of hydrogen-bond acceptors (Lipinski definition) is 2. The molecule has 0 unspecified atom stereocenters. The third kappa shape index (κ3) is 4.37. The average molecular weight is 527 g/mol. The Morgan fingerprint density at radius 2 is 1.20 bits per heavy atom. The quantitative estimate of drug-likeness (QED) is 0.213. The van der Waals surface area contributed by atoms with Gasteiger partial charge in [0.15, 0.2) is 0 Å². The minimum atomic E-state index is -0.626. The van der Waals surface area contributed by atoms with Gasteiger partial charge in [-0.05, 0) is 60.7 Å². The van der Waals surface area contributed by atoms with Gasteiger partial charge in [-0.3, -0.25) is 4.90 Å². The molecule has 5 nitrogen and oxygen atoms in total. The van der Waals surface area contributed by atoms with Gasteiger partial charge in [0.05, 0.1) is 18.6 Å². The predicted octanol–water partition coefficient (Wildman–Crippen LogP) is 7.09. The third-order valence-corrected chi connectivity index (χ3v) is 8.00. The summed E-state index contributed by atoms with van der Waals surface area (Å²) in [5.41, 5.74) is 8.05. The van der Waals surface area contributed by atoms with E-state index in [1.54, 1.807) is 0 Å². The summed E-state index contributed by atoms with van der Waals surface area (Å²) in [6, 6.07) is 38.1. The average Bonchev–Trinajstić information content (AvgIpc) is 3.53. The van der Waals surface area contributed by atoms with E-state index in [9.17, 15) is 4.79 Å². The highest BCUT2D eigenvalue weighted by molar-refractivity contribution is 5.94. The largest absolute Gasteiger partial charge is 0.324 e. The Labute approximate surface area is 236 Å². The molecule has 40 heavy (non-hydrogen) atoms. The van der Waals surface area contributed by atoms with Crippen molar-refractivity contribution in [1.29, 1.82) is 0 Å². The Morgan fingerprint density at radius 3 is 1.70 bits per heavy atom. The molecule has 0 bridgehead atoms. The Morgan fingerprint density at radius 1 is 0.700 bits per heavy atom. The smallest absolute Gasteiger partial charge is 0.317 e. The van der Waals surface area contributed by atoms with Crippen LogP contribution in [0.2, 0.25) is 0 Å². The van der Waals surface area contributed by atoms with E-state index in [0.29, 0.717) is 19.6 Å². The number of nitrogens with zero attached hydrogens (tertiary/aromatic N) is 4. The molecular formula is C35H34N4O. The van der Waals surface area contributed by atoms with E-state index in [0.717, 1.165) is 44.9 Å².